The standard InChI is InChI=1S/C20H33N3O4/c1-14(2)12-17(22-19(25)16-6-4-3-5-7-16)18(24)20(26)23-21-13-15-8-10-27-11-9-15/h13-17H,3-12H2,1-2H3,(H,22,25)(H,23,26)/b21-13+/t17-/m0/s1. The number of Topliss-reactive ketones (excluding diaryl/α,β-unsaturated/α-hetero) is 1. The van der Waals surface area contributed by atoms with Crippen molar-refractivity contribution in [3.05, 3.63) is 0 Å². The summed E-state index contributed by atoms with van der Waals surface area (Å²) in [5.41, 5.74) is 2.33. The van der Waals surface area contributed by atoms with Gasteiger partial charge in [-0.3, -0.25) is 14.4 Å². The Morgan fingerprint density at radius 3 is 2.37 bits per heavy atom. The van der Waals surface area contributed by atoms with Crippen molar-refractivity contribution in [3.63, 3.8) is 0 Å². The van der Waals surface area contributed by atoms with Gasteiger partial charge in [0.15, 0.2) is 0 Å². The topological polar surface area (TPSA) is 96.9 Å². The number of carbonyl (C=O) groups is 3. The summed E-state index contributed by atoms with van der Waals surface area (Å²) < 4.78 is 5.28. The number of hydrogen-bond donors (Lipinski definition) is 2. The molecule has 2 aliphatic rings. The molecule has 0 aromatic carbocycles. The molecule has 2 N–H and O–H groups in total. The average Bonchev–Trinajstić information content (AvgIpc) is 2.68. The van der Waals surface area contributed by atoms with E-state index in [1.807, 2.05) is 13.8 Å². The molecular formula is C20H33N3O4. The van der Waals surface area contributed by atoms with E-state index < -0.39 is 17.7 Å². The molecule has 1 saturated heterocycles. The number of rotatable bonds is 8. The van der Waals surface area contributed by atoms with E-state index in [0.29, 0.717) is 19.6 Å². The molecule has 152 valence electrons. The molecule has 1 atom stereocenters. The third-order valence-corrected chi connectivity index (χ3v) is 5.26. The van der Waals surface area contributed by atoms with Crippen LogP contribution in [0.15, 0.2) is 5.10 Å². The molecule has 2 rings (SSSR count). The summed E-state index contributed by atoms with van der Waals surface area (Å²) in [6, 6.07) is -0.794. The van der Waals surface area contributed by atoms with Crippen LogP contribution in [0.1, 0.15) is 65.2 Å². The van der Waals surface area contributed by atoms with Gasteiger partial charge in [0.05, 0.1) is 6.04 Å². The predicted molar refractivity (Wildman–Crippen MR) is 103 cm³/mol. The van der Waals surface area contributed by atoms with E-state index in [1.54, 1.807) is 6.21 Å². The molecular weight excluding hydrogens is 346 g/mol. The van der Waals surface area contributed by atoms with Gasteiger partial charge in [-0.25, -0.2) is 5.43 Å². The smallest absolute Gasteiger partial charge is 0.309 e. The van der Waals surface area contributed by atoms with Crippen LogP contribution < -0.4 is 10.7 Å². The van der Waals surface area contributed by atoms with E-state index in [2.05, 4.69) is 15.8 Å². The zero-order valence-electron chi connectivity index (χ0n) is 16.5. The van der Waals surface area contributed by atoms with Crippen LogP contribution in [0.4, 0.5) is 0 Å². The van der Waals surface area contributed by atoms with Gasteiger partial charge in [0.1, 0.15) is 0 Å². The Balaban J connectivity index is 1.88. The maximum atomic E-state index is 12.6. The summed E-state index contributed by atoms with van der Waals surface area (Å²) in [7, 11) is 0. The second-order valence-corrected chi connectivity index (χ2v) is 8.06. The minimum Gasteiger partial charge on any atom is -0.381 e. The van der Waals surface area contributed by atoms with Gasteiger partial charge >= 0.3 is 5.91 Å². The van der Waals surface area contributed by atoms with E-state index in [9.17, 15) is 14.4 Å². The number of nitrogens with one attached hydrogen (secondary N) is 2. The molecule has 7 nitrogen and oxygen atoms in total. The number of nitrogens with zero attached hydrogens (tertiary/aromatic N) is 1. The fourth-order valence-corrected chi connectivity index (χ4v) is 3.64. The van der Waals surface area contributed by atoms with Crippen LogP contribution in [0.2, 0.25) is 0 Å². The summed E-state index contributed by atoms with van der Waals surface area (Å²) in [6.45, 7) is 5.31. The molecule has 2 fully saturated rings. The number of hydrazone groups is 1. The highest BCUT2D eigenvalue weighted by molar-refractivity contribution is 6.38. The minimum atomic E-state index is -0.794. The van der Waals surface area contributed by atoms with Gasteiger partial charge in [0, 0.05) is 31.3 Å². The minimum absolute atomic E-state index is 0.0455. The van der Waals surface area contributed by atoms with Crippen molar-refractivity contribution in [1.82, 2.24) is 10.7 Å². The Morgan fingerprint density at radius 1 is 1.07 bits per heavy atom. The van der Waals surface area contributed by atoms with Crippen LogP contribution in [-0.2, 0) is 19.1 Å². The lowest BCUT2D eigenvalue weighted by atomic mass is 9.88. The van der Waals surface area contributed by atoms with Crippen LogP contribution in [0.3, 0.4) is 0 Å². The molecule has 1 aliphatic heterocycles. The fraction of sp³-hybridized carbons (Fsp3) is 0.800. The first kappa shape index (κ1) is 21.5. The van der Waals surface area contributed by atoms with Crippen molar-refractivity contribution in [2.75, 3.05) is 13.2 Å². The first-order valence-electron chi connectivity index (χ1n) is 10.2. The van der Waals surface area contributed by atoms with Gasteiger partial charge in [-0.1, -0.05) is 33.1 Å². The maximum Gasteiger partial charge on any atom is 0.309 e. The van der Waals surface area contributed by atoms with E-state index >= 15 is 0 Å². The van der Waals surface area contributed by atoms with Gasteiger partial charge < -0.3 is 10.1 Å². The van der Waals surface area contributed by atoms with Crippen LogP contribution >= 0.6 is 0 Å². The zero-order valence-corrected chi connectivity index (χ0v) is 16.5. The van der Waals surface area contributed by atoms with Crippen molar-refractivity contribution in [1.29, 1.82) is 0 Å². The van der Waals surface area contributed by atoms with Gasteiger partial charge in [-0.15, -0.1) is 0 Å². The molecule has 1 aliphatic carbocycles. The lowest BCUT2D eigenvalue weighted by Gasteiger charge is -2.24. The Hall–Kier alpha value is -1.76. The largest absolute Gasteiger partial charge is 0.381 e. The molecule has 0 unspecified atom stereocenters. The fourth-order valence-electron chi connectivity index (χ4n) is 3.64. The molecule has 0 aromatic heterocycles. The maximum absolute atomic E-state index is 12.6. The van der Waals surface area contributed by atoms with Crippen molar-refractivity contribution < 1.29 is 19.1 Å². The summed E-state index contributed by atoms with van der Waals surface area (Å²) in [4.78, 5) is 37.3. The molecule has 2 amide bonds. The van der Waals surface area contributed by atoms with Crippen LogP contribution in [0.25, 0.3) is 0 Å². The number of carbonyl (C=O) groups excluding carboxylic acids is 3. The second kappa shape index (κ2) is 11.2. The number of hydrogen-bond acceptors (Lipinski definition) is 5. The van der Waals surface area contributed by atoms with Gasteiger partial charge in [-0.2, -0.15) is 5.10 Å². The highest BCUT2D eigenvalue weighted by Crippen LogP contribution is 2.24. The highest BCUT2D eigenvalue weighted by atomic mass is 16.5. The number of ketones is 1. The van der Waals surface area contributed by atoms with Crippen molar-refractivity contribution in [2.24, 2.45) is 22.9 Å². The summed E-state index contributed by atoms with van der Waals surface area (Å²) in [6.07, 6.45) is 8.80. The Morgan fingerprint density at radius 2 is 1.74 bits per heavy atom. The van der Waals surface area contributed by atoms with Gasteiger partial charge in [0.25, 0.3) is 0 Å². The van der Waals surface area contributed by atoms with Crippen molar-refractivity contribution >= 4 is 23.8 Å². The predicted octanol–water partition coefficient (Wildman–Crippen LogP) is 2.20. The van der Waals surface area contributed by atoms with Gasteiger partial charge in [-0.05, 0) is 38.0 Å². The van der Waals surface area contributed by atoms with Crippen molar-refractivity contribution in [2.45, 2.75) is 71.3 Å². The summed E-state index contributed by atoms with van der Waals surface area (Å²) in [5, 5.41) is 6.75. The second-order valence-electron chi connectivity index (χ2n) is 8.06. The van der Waals surface area contributed by atoms with E-state index in [1.165, 1.54) is 0 Å². The lowest BCUT2D eigenvalue weighted by molar-refractivity contribution is -0.140. The molecule has 0 spiro atoms. The molecule has 7 heteroatoms. The van der Waals surface area contributed by atoms with Crippen LogP contribution in [-0.4, -0.2) is 43.1 Å². The van der Waals surface area contributed by atoms with Gasteiger partial charge in [0.2, 0.25) is 11.7 Å². The number of ether oxygens (including phenoxy) is 1. The monoisotopic (exact) mass is 379 g/mol. The number of amides is 2. The Bertz CT molecular complexity index is 535. The van der Waals surface area contributed by atoms with E-state index in [4.69, 9.17) is 4.74 Å². The van der Waals surface area contributed by atoms with Crippen LogP contribution in [0, 0.1) is 17.8 Å². The zero-order chi connectivity index (χ0) is 19.6. The highest BCUT2D eigenvalue weighted by Gasteiger charge is 2.30. The Kier molecular flexibility index (Phi) is 8.91. The lowest BCUT2D eigenvalue weighted by Crippen LogP contribution is -2.49. The first-order valence-corrected chi connectivity index (χ1v) is 10.2. The third-order valence-electron chi connectivity index (χ3n) is 5.26. The average molecular weight is 380 g/mol. The normalized spacial score (nSPS) is 20.6. The molecule has 0 radical (unpaired) electrons. The SMILES string of the molecule is CC(C)C[C@H](NC(=O)C1CCCCC1)C(=O)C(=O)N/N=C/C1CCOCC1. The third kappa shape index (κ3) is 7.40. The quantitative estimate of drug-likeness (QED) is 0.384. The molecule has 0 aromatic rings. The molecule has 0 bridgehead atoms. The van der Waals surface area contributed by atoms with E-state index in [0.717, 1.165) is 44.9 Å². The molecule has 27 heavy (non-hydrogen) atoms. The molecule has 1 heterocycles. The van der Waals surface area contributed by atoms with Crippen LogP contribution in [0.5, 0.6) is 0 Å². The summed E-state index contributed by atoms with van der Waals surface area (Å²) in [5.74, 6) is -1.11. The molecule has 1 saturated carbocycles. The first-order chi connectivity index (χ1) is 13.0. The summed E-state index contributed by atoms with van der Waals surface area (Å²) >= 11 is 0. The Labute approximate surface area is 161 Å². The van der Waals surface area contributed by atoms with Crippen molar-refractivity contribution in [3.8, 4) is 0 Å². The van der Waals surface area contributed by atoms with E-state index in [-0.39, 0.29) is 23.7 Å².